The van der Waals surface area contributed by atoms with Gasteiger partial charge in [0, 0.05) is 17.8 Å². The van der Waals surface area contributed by atoms with Gasteiger partial charge >= 0.3 is 0 Å². The van der Waals surface area contributed by atoms with Crippen molar-refractivity contribution in [2.75, 3.05) is 5.32 Å². The van der Waals surface area contributed by atoms with Gasteiger partial charge in [-0.25, -0.2) is 13.6 Å². The molecule has 0 aliphatic carbocycles. The fourth-order valence-corrected chi connectivity index (χ4v) is 3.15. The fraction of sp³-hybridized carbons (Fsp3) is 0.100. The summed E-state index contributed by atoms with van der Waals surface area (Å²) in [6, 6.07) is 14.3. The molecule has 150 valence electrons. The van der Waals surface area contributed by atoms with Crippen LogP contribution in [0.15, 0.2) is 70.2 Å². The number of furan rings is 1. The van der Waals surface area contributed by atoms with Crippen molar-refractivity contribution in [2.45, 2.75) is 18.4 Å². The Morgan fingerprint density at radius 3 is 2.38 bits per heavy atom. The first-order valence-electron chi connectivity index (χ1n) is 8.59. The maximum atomic E-state index is 12.4. The summed E-state index contributed by atoms with van der Waals surface area (Å²) in [5.41, 5.74) is 2.25. The van der Waals surface area contributed by atoms with Gasteiger partial charge in [-0.1, -0.05) is 18.2 Å². The molecule has 2 aromatic carbocycles. The molecule has 0 aliphatic heterocycles. The Kier molecular flexibility index (Phi) is 5.81. The highest BCUT2D eigenvalue weighted by Gasteiger charge is 2.15. The lowest BCUT2D eigenvalue weighted by Crippen LogP contribution is -2.24. The van der Waals surface area contributed by atoms with E-state index in [0.29, 0.717) is 11.3 Å². The number of primary sulfonamides is 1. The lowest BCUT2D eigenvalue weighted by molar-refractivity contribution is 0.0949. The predicted octanol–water partition coefficient (Wildman–Crippen LogP) is 2.42. The summed E-state index contributed by atoms with van der Waals surface area (Å²) in [4.78, 5) is 24.3. The highest BCUT2D eigenvalue weighted by atomic mass is 32.2. The van der Waals surface area contributed by atoms with Gasteiger partial charge in [0.15, 0.2) is 5.76 Å². The minimum absolute atomic E-state index is 0.120. The number of hydrogen-bond acceptors (Lipinski definition) is 5. The van der Waals surface area contributed by atoms with Gasteiger partial charge in [-0.15, -0.1) is 0 Å². The van der Waals surface area contributed by atoms with Crippen LogP contribution >= 0.6 is 0 Å². The second-order valence-electron chi connectivity index (χ2n) is 6.33. The normalized spacial score (nSPS) is 11.1. The number of rotatable bonds is 6. The van der Waals surface area contributed by atoms with Crippen LogP contribution in [0, 0.1) is 6.92 Å². The van der Waals surface area contributed by atoms with Crippen molar-refractivity contribution >= 4 is 27.5 Å². The van der Waals surface area contributed by atoms with Crippen LogP contribution in [-0.4, -0.2) is 20.2 Å². The van der Waals surface area contributed by atoms with Crippen LogP contribution in [-0.2, 0) is 16.6 Å². The third kappa shape index (κ3) is 5.09. The zero-order chi connectivity index (χ0) is 21.0. The van der Waals surface area contributed by atoms with E-state index in [1.54, 1.807) is 43.3 Å². The quantitative estimate of drug-likeness (QED) is 0.571. The minimum atomic E-state index is -3.90. The number of amides is 2. The van der Waals surface area contributed by atoms with Crippen LogP contribution in [0.25, 0.3) is 0 Å². The molecule has 1 heterocycles. The summed E-state index contributed by atoms with van der Waals surface area (Å²) in [5, 5.41) is 10.6. The number of hydrogen-bond donors (Lipinski definition) is 3. The molecule has 0 radical (unpaired) electrons. The van der Waals surface area contributed by atoms with E-state index in [4.69, 9.17) is 9.56 Å². The summed E-state index contributed by atoms with van der Waals surface area (Å²) in [5.74, 6) is -0.567. The van der Waals surface area contributed by atoms with E-state index < -0.39 is 15.9 Å². The first kappa shape index (κ1) is 20.3. The highest BCUT2D eigenvalue weighted by Crippen LogP contribution is 2.15. The zero-order valence-corrected chi connectivity index (χ0v) is 16.3. The number of sulfonamides is 1. The van der Waals surface area contributed by atoms with E-state index in [2.05, 4.69) is 10.6 Å². The lowest BCUT2D eigenvalue weighted by atomic mass is 10.1. The van der Waals surface area contributed by atoms with Gasteiger partial charge in [-0.2, -0.15) is 0 Å². The topological polar surface area (TPSA) is 132 Å². The average molecular weight is 413 g/mol. The Labute approximate surface area is 167 Å². The maximum Gasteiger partial charge on any atom is 0.291 e. The van der Waals surface area contributed by atoms with E-state index in [9.17, 15) is 18.0 Å². The van der Waals surface area contributed by atoms with E-state index in [0.717, 1.165) is 5.56 Å². The molecule has 0 unspecified atom stereocenters. The SMILES string of the molecule is Cc1ccc(S(N)(=O)=O)cc1C(=O)NCc1ccc(NC(=O)c2ccco2)cc1. The molecular weight excluding hydrogens is 394 g/mol. The predicted molar refractivity (Wildman–Crippen MR) is 107 cm³/mol. The number of nitrogens with one attached hydrogen (secondary N) is 2. The first-order valence-corrected chi connectivity index (χ1v) is 10.1. The summed E-state index contributed by atoms with van der Waals surface area (Å²) in [7, 11) is -3.90. The van der Waals surface area contributed by atoms with Crippen LogP contribution in [0.2, 0.25) is 0 Å². The number of carbonyl (C=O) groups excluding carboxylic acids is 2. The van der Waals surface area contributed by atoms with Gasteiger partial charge in [-0.3, -0.25) is 9.59 Å². The lowest BCUT2D eigenvalue weighted by Gasteiger charge is -2.10. The van der Waals surface area contributed by atoms with E-state index in [1.807, 2.05) is 0 Å². The van der Waals surface area contributed by atoms with Crippen LogP contribution in [0.4, 0.5) is 5.69 Å². The van der Waals surface area contributed by atoms with Gasteiger partial charge in [0.2, 0.25) is 10.0 Å². The molecule has 0 aliphatic rings. The van der Waals surface area contributed by atoms with Crippen LogP contribution < -0.4 is 15.8 Å². The first-order chi connectivity index (χ1) is 13.7. The number of benzene rings is 2. The van der Waals surface area contributed by atoms with Crippen molar-refractivity contribution < 1.29 is 22.4 Å². The Hall–Kier alpha value is -3.43. The van der Waals surface area contributed by atoms with Crippen molar-refractivity contribution in [3.05, 3.63) is 83.3 Å². The Morgan fingerprint density at radius 2 is 1.76 bits per heavy atom. The molecule has 29 heavy (non-hydrogen) atoms. The van der Waals surface area contributed by atoms with Gasteiger partial charge in [0.25, 0.3) is 11.8 Å². The van der Waals surface area contributed by atoms with Crippen molar-refractivity contribution in [3.63, 3.8) is 0 Å². The molecule has 0 saturated heterocycles. The van der Waals surface area contributed by atoms with E-state index in [1.165, 1.54) is 24.5 Å². The fourth-order valence-electron chi connectivity index (χ4n) is 2.61. The molecule has 3 aromatic rings. The molecule has 0 bridgehead atoms. The van der Waals surface area contributed by atoms with Crippen LogP contribution in [0.1, 0.15) is 32.0 Å². The van der Waals surface area contributed by atoms with Crippen molar-refractivity contribution in [2.24, 2.45) is 5.14 Å². The molecule has 2 amide bonds. The molecule has 4 N–H and O–H groups in total. The van der Waals surface area contributed by atoms with Gasteiger partial charge in [-0.05, 0) is 54.4 Å². The molecule has 9 heteroatoms. The number of aryl methyl sites for hydroxylation is 1. The number of nitrogens with two attached hydrogens (primary N) is 1. The van der Waals surface area contributed by atoms with Crippen LogP contribution in [0.3, 0.4) is 0 Å². The Balaban J connectivity index is 1.63. The molecule has 0 atom stereocenters. The third-order valence-electron chi connectivity index (χ3n) is 4.19. The Morgan fingerprint density at radius 1 is 1.03 bits per heavy atom. The molecule has 0 saturated carbocycles. The monoisotopic (exact) mass is 413 g/mol. The largest absolute Gasteiger partial charge is 0.459 e. The number of carbonyl (C=O) groups is 2. The summed E-state index contributed by atoms with van der Waals surface area (Å²) < 4.78 is 28.0. The second kappa shape index (κ2) is 8.29. The summed E-state index contributed by atoms with van der Waals surface area (Å²) in [6.45, 7) is 1.93. The van der Waals surface area contributed by atoms with Gasteiger partial charge in [0.1, 0.15) is 0 Å². The standard InChI is InChI=1S/C20H19N3O5S/c1-13-4-9-16(29(21,26)27)11-17(13)19(24)22-12-14-5-7-15(8-6-14)23-20(25)18-3-2-10-28-18/h2-11H,12H2,1H3,(H,22,24)(H,23,25)(H2,21,26,27). The summed E-state index contributed by atoms with van der Waals surface area (Å²) >= 11 is 0. The van der Waals surface area contributed by atoms with Crippen molar-refractivity contribution in [1.82, 2.24) is 5.32 Å². The molecule has 8 nitrogen and oxygen atoms in total. The zero-order valence-electron chi connectivity index (χ0n) is 15.5. The smallest absolute Gasteiger partial charge is 0.291 e. The van der Waals surface area contributed by atoms with Crippen molar-refractivity contribution in [3.8, 4) is 0 Å². The molecule has 0 spiro atoms. The Bertz CT molecular complexity index is 1140. The highest BCUT2D eigenvalue weighted by molar-refractivity contribution is 7.89. The molecule has 1 aromatic heterocycles. The molecular formula is C20H19N3O5S. The molecule has 3 rings (SSSR count). The second-order valence-corrected chi connectivity index (χ2v) is 7.89. The van der Waals surface area contributed by atoms with E-state index >= 15 is 0 Å². The maximum absolute atomic E-state index is 12.4. The molecule has 0 fully saturated rings. The summed E-state index contributed by atoms with van der Waals surface area (Å²) in [6.07, 6.45) is 1.42. The van der Waals surface area contributed by atoms with Gasteiger partial charge < -0.3 is 15.1 Å². The third-order valence-corrected chi connectivity index (χ3v) is 5.10. The minimum Gasteiger partial charge on any atom is -0.459 e. The average Bonchev–Trinajstić information content (AvgIpc) is 3.21. The van der Waals surface area contributed by atoms with Crippen molar-refractivity contribution in [1.29, 1.82) is 0 Å². The van der Waals surface area contributed by atoms with Gasteiger partial charge in [0.05, 0.1) is 11.2 Å². The van der Waals surface area contributed by atoms with Crippen LogP contribution in [0.5, 0.6) is 0 Å². The van der Waals surface area contributed by atoms with E-state index in [-0.39, 0.29) is 28.7 Å². The number of anilines is 1.